The summed E-state index contributed by atoms with van der Waals surface area (Å²) in [5.41, 5.74) is 0.765. The van der Waals surface area contributed by atoms with E-state index in [0.717, 1.165) is 16.7 Å². The number of rotatable bonds is 4. The van der Waals surface area contributed by atoms with E-state index in [1.807, 2.05) is 12.1 Å². The summed E-state index contributed by atoms with van der Waals surface area (Å²) in [5, 5.41) is 12.2. The van der Waals surface area contributed by atoms with Gasteiger partial charge in [-0.05, 0) is 40.5 Å². The van der Waals surface area contributed by atoms with Gasteiger partial charge >= 0.3 is 0 Å². The Hall–Kier alpha value is -0.920. The van der Waals surface area contributed by atoms with E-state index >= 15 is 0 Å². The highest BCUT2D eigenvalue weighted by molar-refractivity contribution is 9.10. The standard InChI is InChI=1S/C11H14BrN3/c1-8(2)6-14-11(5-13)10-4-3-9(12)7-15-10/h3-4,7-8,11,14H,6H2,1-2H3. The van der Waals surface area contributed by atoms with Crippen molar-refractivity contribution in [3.05, 3.63) is 28.5 Å². The van der Waals surface area contributed by atoms with Crippen LogP contribution in [0.3, 0.4) is 0 Å². The smallest absolute Gasteiger partial charge is 0.138 e. The first-order valence-corrected chi connectivity index (χ1v) is 5.67. The zero-order valence-electron chi connectivity index (χ0n) is 8.87. The predicted molar refractivity (Wildman–Crippen MR) is 63.1 cm³/mol. The molecule has 0 aliphatic rings. The maximum atomic E-state index is 9.00. The van der Waals surface area contributed by atoms with Crippen molar-refractivity contribution in [2.24, 2.45) is 5.92 Å². The fourth-order valence-corrected chi connectivity index (χ4v) is 1.36. The van der Waals surface area contributed by atoms with Gasteiger partial charge in [0.25, 0.3) is 0 Å². The maximum absolute atomic E-state index is 9.00. The lowest BCUT2D eigenvalue weighted by atomic mass is 10.1. The van der Waals surface area contributed by atoms with E-state index in [2.05, 4.69) is 46.1 Å². The number of hydrogen-bond donors (Lipinski definition) is 1. The van der Waals surface area contributed by atoms with Gasteiger partial charge in [-0.2, -0.15) is 5.26 Å². The van der Waals surface area contributed by atoms with E-state index in [1.165, 1.54) is 0 Å². The fraction of sp³-hybridized carbons (Fsp3) is 0.455. The van der Waals surface area contributed by atoms with Crippen LogP contribution in [-0.4, -0.2) is 11.5 Å². The summed E-state index contributed by atoms with van der Waals surface area (Å²) in [6, 6.07) is 5.63. The van der Waals surface area contributed by atoms with Crippen LogP contribution in [0.2, 0.25) is 0 Å². The van der Waals surface area contributed by atoms with Gasteiger partial charge in [0.05, 0.1) is 11.8 Å². The maximum Gasteiger partial charge on any atom is 0.138 e. The summed E-state index contributed by atoms with van der Waals surface area (Å²) in [5.74, 6) is 0.524. The van der Waals surface area contributed by atoms with Crippen molar-refractivity contribution in [1.29, 1.82) is 5.26 Å². The number of pyridine rings is 1. The lowest BCUT2D eigenvalue weighted by molar-refractivity contribution is 0.519. The molecule has 0 saturated heterocycles. The van der Waals surface area contributed by atoms with E-state index in [0.29, 0.717) is 5.92 Å². The second-order valence-corrected chi connectivity index (χ2v) is 4.68. The van der Waals surface area contributed by atoms with Crippen LogP contribution in [0.5, 0.6) is 0 Å². The molecule has 0 spiro atoms. The summed E-state index contributed by atoms with van der Waals surface area (Å²) in [6.07, 6.45) is 1.71. The SMILES string of the molecule is CC(C)CNC(C#N)c1ccc(Br)cn1. The Balaban J connectivity index is 2.67. The molecule has 0 amide bonds. The van der Waals surface area contributed by atoms with Crippen LogP contribution in [0.4, 0.5) is 0 Å². The molecule has 0 aromatic carbocycles. The molecule has 4 heteroatoms. The first kappa shape index (κ1) is 12.2. The zero-order valence-corrected chi connectivity index (χ0v) is 10.5. The van der Waals surface area contributed by atoms with Crippen LogP contribution >= 0.6 is 15.9 Å². The molecule has 15 heavy (non-hydrogen) atoms. The Morgan fingerprint density at radius 2 is 2.27 bits per heavy atom. The van der Waals surface area contributed by atoms with Crippen LogP contribution in [-0.2, 0) is 0 Å². The minimum absolute atomic E-state index is 0.319. The highest BCUT2D eigenvalue weighted by Gasteiger charge is 2.11. The minimum Gasteiger partial charge on any atom is -0.297 e. The van der Waals surface area contributed by atoms with Crippen LogP contribution in [0, 0.1) is 17.2 Å². The Morgan fingerprint density at radius 1 is 1.53 bits per heavy atom. The van der Waals surface area contributed by atoms with Crippen molar-refractivity contribution < 1.29 is 0 Å². The summed E-state index contributed by atoms with van der Waals surface area (Å²) >= 11 is 3.31. The molecule has 0 saturated carbocycles. The van der Waals surface area contributed by atoms with Crippen LogP contribution < -0.4 is 5.32 Å². The third-order valence-corrected chi connectivity index (χ3v) is 2.37. The summed E-state index contributed by atoms with van der Waals surface area (Å²) in [6.45, 7) is 5.03. The van der Waals surface area contributed by atoms with Gasteiger partial charge in [0.15, 0.2) is 0 Å². The van der Waals surface area contributed by atoms with Gasteiger partial charge in [-0.3, -0.25) is 10.3 Å². The Labute approximate surface area is 98.7 Å². The predicted octanol–water partition coefficient (Wildman–Crippen LogP) is 2.65. The lowest BCUT2D eigenvalue weighted by Gasteiger charge is -2.12. The van der Waals surface area contributed by atoms with E-state index in [-0.39, 0.29) is 6.04 Å². The second kappa shape index (κ2) is 5.84. The number of hydrogen-bond acceptors (Lipinski definition) is 3. The molecule has 1 unspecified atom stereocenters. The summed E-state index contributed by atoms with van der Waals surface area (Å²) in [7, 11) is 0. The van der Waals surface area contributed by atoms with Gasteiger partial charge in [0.2, 0.25) is 0 Å². The van der Waals surface area contributed by atoms with Crippen LogP contribution in [0.25, 0.3) is 0 Å². The quantitative estimate of drug-likeness (QED) is 0.913. The van der Waals surface area contributed by atoms with Gasteiger partial charge in [0.1, 0.15) is 6.04 Å². The van der Waals surface area contributed by atoms with Crippen LogP contribution in [0.15, 0.2) is 22.8 Å². The normalized spacial score (nSPS) is 12.5. The van der Waals surface area contributed by atoms with Gasteiger partial charge in [-0.1, -0.05) is 13.8 Å². The largest absolute Gasteiger partial charge is 0.297 e. The summed E-state index contributed by atoms with van der Waals surface area (Å²) < 4.78 is 0.923. The third-order valence-electron chi connectivity index (χ3n) is 1.91. The molecule has 3 nitrogen and oxygen atoms in total. The number of nitrogens with one attached hydrogen (secondary N) is 1. The van der Waals surface area contributed by atoms with Crippen molar-refractivity contribution >= 4 is 15.9 Å². The molecule has 1 rings (SSSR count). The fourth-order valence-electron chi connectivity index (χ4n) is 1.13. The Morgan fingerprint density at radius 3 is 2.73 bits per heavy atom. The minimum atomic E-state index is -0.319. The second-order valence-electron chi connectivity index (χ2n) is 3.77. The topological polar surface area (TPSA) is 48.7 Å². The van der Waals surface area contributed by atoms with Crippen molar-refractivity contribution in [2.75, 3.05) is 6.54 Å². The van der Waals surface area contributed by atoms with E-state index in [1.54, 1.807) is 6.20 Å². The van der Waals surface area contributed by atoms with Crippen molar-refractivity contribution in [2.45, 2.75) is 19.9 Å². The Bertz CT molecular complexity index is 340. The first-order valence-electron chi connectivity index (χ1n) is 4.88. The molecule has 1 aromatic rings. The number of nitrogens with zero attached hydrogens (tertiary/aromatic N) is 2. The highest BCUT2D eigenvalue weighted by atomic mass is 79.9. The average Bonchev–Trinajstić information content (AvgIpc) is 2.21. The molecule has 1 N–H and O–H groups in total. The van der Waals surface area contributed by atoms with Crippen molar-refractivity contribution in [3.8, 4) is 6.07 Å². The monoisotopic (exact) mass is 267 g/mol. The number of nitriles is 1. The molecule has 1 aromatic heterocycles. The van der Waals surface area contributed by atoms with Gasteiger partial charge in [0, 0.05) is 10.7 Å². The van der Waals surface area contributed by atoms with Crippen molar-refractivity contribution in [1.82, 2.24) is 10.3 Å². The summed E-state index contributed by atoms with van der Waals surface area (Å²) in [4.78, 5) is 4.20. The molecule has 0 bridgehead atoms. The number of halogens is 1. The molecule has 80 valence electrons. The molecular formula is C11H14BrN3. The number of aromatic nitrogens is 1. The average molecular weight is 268 g/mol. The van der Waals surface area contributed by atoms with Crippen molar-refractivity contribution in [3.63, 3.8) is 0 Å². The molecule has 0 aliphatic carbocycles. The van der Waals surface area contributed by atoms with Gasteiger partial charge in [-0.15, -0.1) is 0 Å². The van der Waals surface area contributed by atoms with Crippen LogP contribution in [0.1, 0.15) is 25.6 Å². The van der Waals surface area contributed by atoms with Gasteiger partial charge in [-0.25, -0.2) is 0 Å². The molecule has 1 atom stereocenters. The Kier molecular flexibility index (Phi) is 4.73. The zero-order chi connectivity index (χ0) is 11.3. The van der Waals surface area contributed by atoms with E-state index in [4.69, 9.17) is 5.26 Å². The first-order chi connectivity index (χ1) is 7.13. The molecule has 1 heterocycles. The molecule has 0 aliphatic heterocycles. The van der Waals surface area contributed by atoms with E-state index in [9.17, 15) is 0 Å². The highest BCUT2D eigenvalue weighted by Crippen LogP contribution is 2.13. The van der Waals surface area contributed by atoms with Gasteiger partial charge < -0.3 is 0 Å². The lowest BCUT2D eigenvalue weighted by Crippen LogP contribution is -2.24. The van der Waals surface area contributed by atoms with E-state index < -0.39 is 0 Å². The third kappa shape index (κ3) is 3.98. The molecule has 0 radical (unpaired) electrons. The molecule has 0 fully saturated rings. The molecular weight excluding hydrogens is 254 g/mol.